The molecule has 0 saturated carbocycles. The molecular weight excluding hydrogens is 614 g/mol. The lowest BCUT2D eigenvalue weighted by Gasteiger charge is -2.34. The maximum absolute atomic E-state index is 14.7. The van der Waals surface area contributed by atoms with Gasteiger partial charge in [0.05, 0.1) is 24.8 Å². The van der Waals surface area contributed by atoms with Gasteiger partial charge < -0.3 is 19.7 Å². The van der Waals surface area contributed by atoms with Crippen molar-refractivity contribution < 1.29 is 27.5 Å². The second kappa shape index (κ2) is 16.6. The topological polar surface area (TPSA) is 105 Å². The normalized spacial score (nSPS) is 11.7. The number of ether oxygens (including phenoxy) is 2. The number of hydrogen-bond acceptors (Lipinski definition) is 6. The molecular formula is C37H43N3O6S. The molecule has 47 heavy (non-hydrogen) atoms. The molecule has 4 aromatic rings. The third kappa shape index (κ3) is 9.13. The molecule has 9 nitrogen and oxygen atoms in total. The summed E-state index contributed by atoms with van der Waals surface area (Å²) >= 11 is 0. The SMILES string of the molecule is CCCCNC(=O)C(Cc1ccccc1)N(Cc1ccc(C)cc1)C(=O)CN(c1cc(OC)ccc1OC)S(=O)(=O)c1ccccc1. The second-order valence-corrected chi connectivity index (χ2v) is 13.1. The molecule has 1 unspecified atom stereocenters. The predicted octanol–water partition coefficient (Wildman–Crippen LogP) is 5.76. The number of carbonyl (C=O) groups excluding carboxylic acids is 2. The fourth-order valence-electron chi connectivity index (χ4n) is 5.18. The van der Waals surface area contributed by atoms with Gasteiger partial charge in [-0.3, -0.25) is 13.9 Å². The largest absolute Gasteiger partial charge is 0.497 e. The highest BCUT2D eigenvalue weighted by atomic mass is 32.2. The predicted molar refractivity (Wildman–Crippen MR) is 184 cm³/mol. The maximum atomic E-state index is 14.7. The monoisotopic (exact) mass is 657 g/mol. The molecule has 4 rings (SSSR count). The van der Waals surface area contributed by atoms with E-state index in [1.165, 1.54) is 37.3 Å². The summed E-state index contributed by atoms with van der Waals surface area (Å²) in [6, 6.07) is 28.9. The average Bonchev–Trinajstić information content (AvgIpc) is 3.10. The zero-order valence-corrected chi connectivity index (χ0v) is 28.2. The summed E-state index contributed by atoms with van der Waals surface area (Å²) in [6.45, 7) is 3.96. The lowest BCUT2D eigenvalue weighted by atomic mass is 10.0. The Morgan fingerprint density at radius 3 is 2.11 bits per heavy atom. The number of unbranched alkanes of at least 4 members (excludes halogenated alkanes) is 1. The first-order valence-corrected chi connectivity index (χ1v) is 17.1. The van der Waals surface area contributed by atoms with Crippen LogP contribution in [-0.2, 0) is 32.6 Å². The van der Waals surface area contributed by atoms with Gasteiger partial charge in [-0.15, -0.1) is 0 Å². The smallest absolute Gasteiger partial charge is 0.264 e. The summed E-state index contributed by atoms with van der Waals surface area (Å²) in [5.74, 6) is -0.239. The van der Waals surface area contributed by atoms with Gasteiger partial charge in [-0.05, 0) is 48.7 Å². The Morgan fingerprint density at radius 1 is 0.830 bits per heavy atom. The summed E-state index contributed by atoms with van der Waals surface area (Å²) in [6.07, 6.45) is 1.92. The van der Waals surface area contributed by atoms with E-state index < -0.39 is 28.5 Å². The van der Waals surface area contributed by atoms with Gasteiger partial charge in [0.1, 0.15) is 24.1 Å². The van der Waals surface area contributed by atoms with Crippen LogP contribution in [0.4, 0.5) is 5.69 Å². The van der Waals surface area contributed by atoms with E-state index in [2.05, 4.69) is 5.32 Å². The molecule has 1 N–H and O–H groups in total. The van der Waals surface area contributed by atoms with E-state index in [4.69, 9.17) is 9.47 Å². The molecule has 0 aliphatic rings. The van der Waals surface area contributed by atoms with Gasteiger partial charge in [0.25, 0.3) is 10.0 Å². The molecule has 10 heteroatoms. The van der Waals surface area contributed by atoms with E-state index in [0.717, 1.165) is 33.8 Å². The molecule has 2 amide bonds. The Morgan fingerprint density at radius 2 is 1.49 bits per heavy atom. The zero-order chi connectivity index (χ0) is 33.8. The molecule has 0 aliphatic carbocycles. The molecule has 0 radical (unpaired) electrons. The van der Waals surface area contributed by atoms with E-state index >= 15 is 0 Å². The van der Waals surface area contributed by atoms with Crippen molar-refractivity contribution in [3.8, 4) is 11.5 Å². The van der Waals surface area contributed by atoms with Crippen LogP contribution in [0.5, 0.6) is 11.5 Å². The minimum Gasteiger partial charge on any atom is -0.497 e. The van der Waals surface area contributed by atoms with Crippen LogP contribution in [0, 0.1) is 6.92 Å². The summed E-state index contributed by atoms with van der Waals surface area (Å²) in [5, 5.41) is 3.01. The highest BCUT2D eigenvalue weighted by molar-refractivity contribution is 7.92. The standard InChI is InChI=1S/C37H43N3O6S/c1-5-6-23-38-37(42)34(24-29-13-9-7-10-14-29)39(26-30-19-17-28(2)18-20-30)36(41)27-40(47(43,44)32-15-11-8-12-16-32)33-25-31(45-3)21-22-35(33)46-4/h7-22,25,34H,5-6,23-24,26-27H2,1-4H3,(H,38,42). The van der Waals surface area contributed by atoms with Crippen molar-refractivity contribution in [1.82, 2.24) is 10.2 Å². The van der Waals surface area contributed by atoms with Crippen LogP contribution < -0.4 is 19.1 Å². The van der Waals surface area contributed by atoms with E-state index in [-0.39, 0.29) is 35.2 Å². The molecule has 0 spiro atoms. The van der Waals surface area contributed by atoms with Gasteiger partial charge in [0.15, 0.2) is 0 Å². The number of sulfonamides is 1. The quantitative estimate of drug-likeness (QED) is 0.154. The number of anilines is 1. The third-order valence-corrected chi connectivity index (χ3v) is 9.61. The van der Waals surface area contributed by atoms with Crippen LogP contribution in [0.2, 0.25) is 0 Å². The summed E-state index contributed by atoms with van der Waals surface area (Å²) < 4.78 is 40.6. The lowest BCUT2D eigenvalue weighted by Crippen LogP contribution is -2.53. The summed E-state index contributed by atoms with van der Waals surface area (Å²) in [4.78, 5) is 30.0. The average molecular weight is 658 g/mol. The van der Waals surface area contributed by atoms with Crippen LogP contribution >= 0.6 is 0 Å². The number of hydrogen-bond donors (Lipinski definition) is 1. The van der Waals surface area contributed by atoms with Gasteiger partial charge >= 0.3 is 0 Å². The van der Waals surface area contributed by atoms with Crippen molar-refractivity contribution in [3.05, 3.63) is 120 Å². The first-order valence-electron chi connectivity index (χ1n) is 15.6. The maximum Gasteiger partial charge on any atom is 0.264 e. The van der Waals surface area contributed by atoms with Crippen LogP contribution in [0.1, 0.15) is 36.5 Å². The van der Waals surface area contributed by atoms with Crippen LogP contribution in [0.25, 0.3) is 0 Å². The van der Waals surface area contributed by atoms with E-state index in [0.29, 0.717) is 12.3 Å². The van der Waals surface area contributed by atoms with Gasteiger partial charge in [0.2, 0.25) is 11.8 Å². The number of aryl methyl sites for hydroxylation is 1. The Labute approximate surface area is 278 Å². The van der Waals surface area contributed by atoms with Crippen molar-refractivity contribution in [2.24, 2.45) is 0 Å². The van der Waals surface area contributed by atoms with Crippen molar-refractivity contribution >= 4 is 27.5 Å². The lowest BCUT2D eigenvalue weighted by molar-refractivity contribution is -0.140. The van der Waals surface area contributed by atoms with E-state index in [1.807, 2.05) is 68.4 Å². The molecule has 1 atom stereocenters. The summed E-state index contributed by atoms with van der Waals surface area (Å²) in [5.41, 5.74) is 2.86. The minimum atomic E-state index is -4.29. The molecule has 0 saturated heterocycles. The molecule has 0 aromatic heterocycles. The fourth-order valence-corrected chi connectivity index (χ4v) is 6.61. The fraction of sp³-hybridized carbons (Fsp3) is 0.297. The van der Waals surface area contributed by atoms with Crippen molar-refractivity contribution in [3.63, 3.8) is 0 Å². The van der Waals surface area contributed by atoms with Crippen molar-refractivity contribution in [2.45, 2.75) is 50.6 Å². The van der Waals surface area contributed by atoms with Crippen LogP contribution in [0.15, 0.2) is 108 Å². The number of nitrogens with one attached hydrogen (secondary N) is 1. The molecule has 0 aliphatic heterocycles. The number of rotatable bonds is 16. The number of benzene rings is 4. The second-order valence-electron chi connectivity index (χ2n) is 11.2. The number of carbonyl (C=O) groups is 2. The minimum absolute atomic E-state index is 0.000835. The molecule has 4 aromatic carbocycles. The van der Waals surface area contributed by atoms with E-state index in [9.17, 15) is 18.0 Å². The number of methoxy groups -OCH3 is 2. The third-order valence-electron chi connectivity index (χ3n) is 7.84. The molecule has 248 valence electrons. The molecule has 0 heterocycles. The molecule has 0 bridgehead atoms. The van der Waals surface area contributed by atoms with Crippen LogP contribution in [-0.4, -0.2) is 58.5 Å². The first kappa shape index (κ1) is 35.0. The highest BCUT2D eigenvalue weighted by Crippen LogP contribution is 2.36. The highest BCUT2D eigenvalue weighted by Gasteiger charge is 2.35. The first-order chi connectivity index (χ1) is 22.7. The summed E-state index contributed by atoms with van der Waals surface area (Å²) in [7, 11) is -1.39. The van der Waals surface area contributed by atoms with Gasteiger partial charge in [-0.25, -0.2) is 8.42 Å². The van der Waals surface area contributed by atoms with Crippen molar-refractivity contribution in [2.75, 3.05) is 31.6 Å². The van der Waals surface area contributed by atoms with Crippen LogP contribution in [0.3, 0.4) is 0 Å². The Kier molecular flexibility index (Phi) is 12.4. The van der Waals surface area contributed by atoms with Gasteiger partial charge in [-0.1, -0.05) is 91.7 Å². The Hall–Kier alpha value is -4.83. The Balaban J connectivity index is 1.84. The Bertz CT molecular complexity index is 1710. The van der Waals surface area contributed by atoms with E-state index in [1.54, 1.807) is 30.3 Å². The zero-order valence-electron chi connectivity index (χ0n) is 27.4. The number of nitrogens with zero attached hydrogens (tertiary/aromatic N) is 2. The van der Waals surface area contributed by atoms with Gasteiger partial charge in [-0.2, -0.15) is 0 Å². The van der Waals surface area contributed by atoms with Gasteiger partial charge in [0, 0.05) is 25.6 Å². The molecule has 0 fully saturated rings. The van der Waals surface area contributed by atoms with Crippen molar-refractivity contribution in [1.29, 1.82) is 0 Å². The number of amides is 2.